The molecule has 6 heteroatoms. The third-order valence-electron chi connectivity index (χ3n) is 2.72. The van der Waals surface area contributed by atoms with Crippen molar-refractivity contribution in [1.29, 1.82) is 0 Å². The highest BCUT2D eigenvalue weighted by Gasteiger charge is 2.36. The Labute approximate surface area is 104 Å². The van der Waals surface area contributed by atoms with E-state index in [2.05, 4.69) is 10.3 Å². The van der Waals surface area contributed by atoms with E-state index >= 15 is 0 Å². The Hall–Kier alpha value is -1.43. The van der Waals surface area contributed by atoms with Crippen LogP contribution in [0.2, 0.25) is 0 Å². The van der Waals surface area contributed by atoms with Crippen molar-refractivity contribution in [3.63, 3.8) is 0 Å². The van der Waals surface area contributed by atoms with Crippen LogP contribution in [0.1, 0.15) is 26.0 Å². The Bertz CT molecular complexity index is 428. The smallest absolute Gasteiger partial charge is 0.248 e. The molecule has 1 aliphatic rings. The Morgan fingerprint density at radius 2 is 2.29 bits per heavy atom. The van der Waals surface area contributed by atoms with Crippen molar-refractivity contribution in [3.05, 3.63) is 16.6 Å². The second-order valence-electron chi connectivity index (χ2n) is 4.63. The molecule has 5 nitrogen and oxygen atoms in total. The highest BCUT2D eigenvalue weighted by Crippen LogP contribution is 2.16. The first-order chi connectivity index (χ1) is 7.99. The van der Waals surface area contributed by atoms with E-state index in [4.69, 9.17) is 0 Å². The van der Waals surface area contributed by atoms with E-state index in [0.29, 0.717) is 19.5 Å². The predicted octanol–water partition coefficient (Wildman–Crippen LogP) is 0.770. The maximum Gasteiger partial charge on any atom is 0.248 e. The van der Waals surface area contributed by atoms with Crippen LogP contribution in [-0.4, -0.2) is 33.8 Å². The summed E-state index contributed by atoms with van der Waals surface area (Å²) >= 11 is 1.50. The normalized spacial score (nSPS) is 20.0. The van der Waals surface area contributed by atoms with E-state index in [1.165, 1.54) is 11.3 Å². The number of rotatable bonds is 2. The molecule has 0 unspecified atom stereocenters. The van der Waals surface area contributed by atoms with Crippen LogP contribution in [0.15, 0.2) is 10.9 Å². The zero-order valence-electron chi connectivity index (χ0n) is 9.90. The van der Waals surface area contributed by atoms with Gasteiger partial charge in [-0.05, 0) is 13.8 Å². The lowest BCUT2D eigenvalue weighted by atomic mass is 10.0. The van der Waals surface area contributed by atoms with Crippen LogP contribution in [-0.2, 0) is 16.1 Å². The van der Waals surface area contributed by atoms with Crippen LogP contribution < -0.4 is 5.32 Å². The summed E-state index contributed by atoms with van der Waals surface area (Å²) < 4.78 is 0. The fourth-order valence-corrected chi connectivity index (χ4v) is 2.41. The Morgan fingerprint density at radius 3 is 2.94 bits per heavy atom. The molecule has 1 aliphatic heterocycles. The largest absolute Gasteiger partial charge is 0.342 e. The van der Waals surface area contributed by atoms with E-state index < -0.39 is 5.54 Å². The quantitative estimate of drug-likeness (QED) is 0.847. The molecule has 1 N–H and O–H groups in total. The van der Waals surface area contributed by atoms with Crippen LogP contribution in [0.5, 0.6) is 0 Å². The lowest BCUT2D eigenvalue weighted by molar-refractivity contribution is -0.137. The van der Waals surface area contributed by atoms with Gasteiger partial charge in [-0.15, -0.1) is 11.3 Å². The van der Waals surface area contributed by atoms with Crippen LogP contribution in [0.4, 0.5) is 0 Å². The molecule has 17 heavy (non-hydrogen) atoms. The van der Waals surface area contributed by atoms with Gasteiger partial charge < -0.3 is 10.2 Å². The first kappa shape index (κ1) is 12.0. The number of aromatic nitrogens is 1. The fraction of sp³-hybridized carbons (Fsp3) is 0.545. The third-order valence-corrected chi connectivity index (χ3v) is 3.35. The van der Waals surface area contributed by atoms with Crippen molar-refractivity contribution in [2.75, 3.05) is 6.54 Å². The molecule has 2 amide bonds. The monoisotopic (exact) mass is 253 g/mol. The number of amides is 2. The Balaban J connectivity index is 2.16. The second kappa shape index (κ2) is 4.44. The van der Waals surface area contributed by atoms with Crippen LogP contribution in [0.3, 0.4) is 0 Å². The second-order valence-corrected chi connectivity index (χ2v) is 5.35. The van der Waals surface area contributed by atoms with Crippen LogP contribution in [0, 0.1) is 0 Å². The predicted molar refractivity (Wildman–Crippen MR) is 64.4 cm³/mol. The van der Waals surface area contributed by atoms with Gasteiger partial charge in [-0.2, -0.15) is 0 Å². The molecule has 0 aliphatic carbocycles. The first-order valence-electron chi connectivity index (χ1n) is 5.46. The van der Waals surface area contributed by atoms with Gasteiger partial charge in [0, 0.05) is 18.3 Å². The molecule has 0 bridgehead atoms. The molecule has 0 aromatic carbocycles. The number of thiazole rings is 1. The minimum Gasteiger partial charge on any atom is -0.342 e. The molecular weight excluding hydrogens is 238 g/mol. The molecule has 0 spiro atoms. The van der Waals surface area contributed by atoms with E-state index in [1.54, 1.807) is 24.3 Å². The van der Waals surface area contributed by atoms with E-state index in [-0.39, 0.29) is 11.8 Å². The number of nitrogens with one attached hydrogen (secondary N) is 1. The van der Waals surface area contributed by atoms with Crippen molar-refractivity contribution in [3.8, 4) is 0 Å². The van der Waals surface area contributed by atoms with Crippen molar-refractivity contribution < 1.29 is 9.59 Å². The van der Waals surface area contributed by atoms with Crippen molar-refractivity contribution >= 4 is 23.2 Å². The maximum absolute atomic E-state index is 12.2. The molecule has 1 fully saturated rings. The fourth-order valence-electron chi connectivity index (χ4n) is 1.86. The number of carbonyl (C=O) groups excluding carboxylic acids is 2. The molecule has 92 valence electrons. The number of carbonyl (C=O) groups is 2. The number of hydrogen-bond donors (Lipinski definition) is 1. The SMILES string of the molecule is CC1(C)NC(=O)CCN(Cc2cscn2)C1=O. The minimum atomic E-state index is -0.830. The van der Waals surface area contributed by atoms with Crippen LogP contribution >= 0.6 is 11.3 Å². The highest BCUT2D eigenvalue weighted by atomic mass is 32.1. The summed E-state index contributed by atoms with van der Waals surface area (Å²) in [6.07, 6.45) is 0.347. The molecule has 2 rings (SSSR count). The molecule has 1 aromatic heterocycles. The zero-order chi connectivity index (χ0) is 12.5. The van der Waals surface area contributed by atoms with Gasteiger partial charge in [0.25, 0.3) is 0 Å². The summed E-state index contributed by atoms with van der Waals surface area (Å²) in [5.41, 5.74) is 1.78. The molecule has 0 saturated carbocycles. The summed E-state index contributed by atoms with van der Waals surface area (Å²) in [7, 11) is 0. The lowest BCUT2D eigenvalue weighted by Gasteiger charge is -2.28. The maximum atomic E-state index is 12.2. The summed E-state index contributed by atoms with van der Waals surface area (Å²) in [5.74, 6) is -0.138. The third kappa shape index (κ3) is 2.63. The van der Waals surface area contributed by atoms with Gasteiger partial charge in [-0.3, -0.25) is 9.59 Å². The summed E-state index contributed by atoms with van der Waals surface area (Å²) in [5, 5.41) is 4.65. The van der Waals surface area contributed by atoms with Gasteiger partial charge in [-0.25, -0.2) is 4.98 Å². The van der Waals surface area contributed by atoms with Gasteiger partial charge in [0.15, 0.2) is 0 Å². The van der Waals surface area contributed by atoms with Gasteiger partial charge in [-0.1, -0.05) is 0 Å². The molecule has 1 saturated heterocycles. The topological polar surface area (TPSA) is 62.3 Å². The molecule has 1 aromatic rings. The Kier molecular flexibility index (Phi) is 3.15. The summed E-state index contributed by atoms with van der Waals surface area (Å²) in [6, 6.07) is 0. The average molecular weight is 253 g/mol. The van der Waals surface area contributed by atoms with Gasteiger partial charge in [0.1, 0.15) is 5.54 Å². The zero-order valence-corrected chi connectivity index (χ0v) is 10.7. The molecular formula is C11H15N3O2S. The van der Waals surface area contributed by atoms with Crippen molar-refractivity contribution in [2.45, 2.75) is 32.4 Å². The summed E-state index contributed by atoms with van der Waals surface area (Å²) in [6.45, 7) is 4.38. The lowest BCUT2D eigenvalue weighted by Crippen LogP contribution is -2.52. The average Bonchev–Trinajstić information content (AvgIpc) is 2.71. The molecule has 0 atom stereocenters. The number of hydrogen-bond acceptors (Lipinski definition) is 4. The van der Waals surface area contributed by atoms with Crippen molar-refractivity contribution in [2.24, 2.45) is 0 Å². The van der Waals surface area contributed by atoms with Gasteiger partial charge in [0.2, 0.25) is 11.8 Å². The Morgan fingerprint density at radius 1 is 1.53 bits per heavy atom. The molecule has 0 radical (unpaired) electrons. The standard InChI is InChI=1S/C11H15N3O2S/c1-11(2)10(16)14(4-3-9(15)13-11)5-8-6-17-7-12-8/h6-7H,3-5H2,1-2H3,(H,13,15). The molecule has 2 heterocycles. The van der Waals surface area contributed by atoms with Crippen LogP contribution in [0.25, 0.3) is 0 Å². The first-order valence-corrected chi connectivity index (χ1v) is 6.41. The van der Waals surface area contributed by atoms with Gasteiger partial charge >= 0.3 is 0 Å². The van der Waals surface area contributed by atoms with E-state index in [0.717, 1.165) is 5.69 Å². The highest BCUT2D eigenvalue weighted by molar-refractivity contribution is 7.07. The number of nitrogens with zero attached hydrogens (tertiary/aromatic N) is 2. The van der Waals surface area contributed by atoms with Crippen molar-refractivity contribution in [1.82, 2.24) is 15.2 Å². The van der Waals surface area contributed by atoms with E-state index in [1.807, 2.05) is 5.38 Å². The van der Waals surface area contributed by atoms with Gasteiger partial charge in [0.05, 0.1) is 17.7 Å². The summed E-state index contributed by atoms with van der Waals surface area (Å²) in [4.78, 5) is 29.6. The van der Waals surface area contributed by atoms with E-state index in [9.17, 15) is 9.59 Å². The minimum absolute atomic E-state index is 0.0589.